The van der Waals surface area contributed by atoms with Crippen LogP contribution in [0.15, 0.2) is 41.3 Å². The molecule has 0 radical (unpaired) electrons. The molecule has 2 atom stereocenters. The molecule has 0 bridgehead atoms. The zero-order valence-corrected chi connectivity index (χ0v) is 15.0. The van der Waals surface area contributed by atoms with Crippen LogP contribution in [0.5, 0.6) is 5.75 Å². The monoisotopic (exact) mass is 349 g/mol. The molecule has 0 N–H and O–H groups in total. The quantitative estimate of drug-likeness (QED) is 0.851. The van der Waals surface area contributed by atoms with Gasteiger partial charge in [-0.05, 0) is 32.9 Å². The lowest BCUT2D eigenvalue weighted by atomic mass is 10.1. The molecule has 1 aliphatic heterocycles. The Morgan fingerprint density at radius 1 is 1.08 bits per heavy atom. The average molecular weight is 349 g/mol. The average Bonchev–Trinajstić information content (AvgIpc) is 2.54. The van der Waals surface area contributed by atoms with Crippen molar-refractivity contribution in [3.05, 3.63) is 36.4 Å². The second-order valence-corrected chi connectivity index (χ2v) is 8.03. The van der Waals surface area contributed by atoms with Crippen molar-refractivity contribution in [1.82, 2.24) is 4.31 Å². The summed E-state index contributed by atoms with van der Waals surface area (Å²) < 4.78 is 39.2. The van der Waals surface area contributed by atoms with Crippen molar-refractivity contribution in [3.63, 3.8) is 0 Å². The van der Waals surface area contributed by atoms with Crippen LogP contribution in [0, 0.1) is 0 Å². The molecule has 2 aromatic carbocycles. The largest absolute Gasteiger partial charge is 0.493 e. The molecule has 0 saturated carbocycles. The van der Waals surface area contributed by atoms with E-state index in [1.54, 1.807) is 12.1 Å². The molecule has 24 heavy (non-hydrogen) atoms. The minimum Gasteiger partial charge on any atom is -0.493 e. The van der Waals surface area contributed by atoms with Gasteiger partial charge in [0.15, 0.2) is 0 Å². The summed E-state index contributed by atoms with van der Waals surface area (Å²) in [5.74, 6) is 0.704. The molecule has 3 rings (SSSR count). The van der Waals surface area contributed by atoms with Crippen molar-refractivity contribution in [2.75, 3.05) is 19.7 Å². The minimum atomic E-state index is -3.59. The highest BCUT2D eigenvalue weighted by Gasteiger charge is 2.33. The van der Waals surface area contributed by atoms with Crippen molar-refractivity contribution >= 4 is 20.8 Å². The van der Waals surface area contributed by atoms with Gasteiger partial charge in [0.25, 0.3) is 0 Å². The molecular weight excluding hydrogens is 326 g/mol. The smallest absolute Gasteiger partial charge is 0.243 e. The standard InChI is InChI=1S/C18H23NO4S/c1-4-22-17-9-10-18(16-8-6-5-7-15(16)17)24(20,21)19-11-13(2)23-14(3)12-19/h5-10,13-14H,4,11-12H2,1-3H3/t13-,14+. The Hall–Kier alpha value is -1.63. The molecule has 1 saturated heterocycles. The molecule has 1 heterocycles. The highest BCUT2D eigenvalue weighted by Crippen LogP contribution is 2.33. The number of hydrogen-bond acceptors (Lipinski definition) is 4. The van der Waals surface area contributed by atoms with Gasteiger partial charge in [-0.1, -0.05) is 24.3 Å². The van der Waals surface area contributed by atoms with E-state index < -0.39 is 10.0 Å². The molecule has 6 heteroatoms. The fourth-order valence-electron chi connectivity index (χ4n) is 3.22. The van der Waals surface area contributed by atoms with Crippen molar-refractivity contribution in [1.29, 1.82) is 0 Å². The first-order valence-corrected chi connectivity index (χ1v) is 9.67. The highest BCUT2D eigenvalue weighted by atomic mass is 32.2. The van der Waals surface area contributed by atoms with Crippen LogP contribution in [-0.4, -0.2) is 44.6 Å². The first kappa shape index (κ1) is 17.2. The topological polar surface area (TPSA) is 55.8 Å². The van der Waals surface area contributed by atoms with Crippen LogP contribution in [0.25, 0.3) is 10.8 Å². The van der Waals surface area contributed by atoms with Crippen LogP contribution in [0.2, 0.25) is 0 Å². The fourth-order valence-corrected chi connectivity index (χ4v) is 5.00. The first-order valence-electron chi connectivity index (χ1n) is 8.23. The number of hydrogen-bond donors (Lipinski definition) is 0. The maximum atomic E-state index is 13.2. The van der Waals surface area contributed by atoms with Gasteiger partial charge in [0.1, 0.15) is 5.75 Å². The summed E-state index contributed by atoms with van der Waals surface area (Å²) in [6.45, 7) is 6.98. The molecule has 0 spiro atoms. The first-order chi connectivity index (χ1) is 11.4. The summed E-state index contributed by atoms with van der Waals surface area (Å²) in [5, 5.41) is 1.50. The van der Waals surface area contributed by atoms with Gasteiger partial charge in [-0.3, -0.25) is 0 Å². The summed E-state index contributed by atoms with van der Waals surface area (Å²) in [6.07, 6.45) is -0.227. The summed E-state index contributed by atoms with van der Waals surface area (Å²) in [4.78, 5) is 0.322. The van der Waals surface area contributed by atoms with Gasteiger partial charge in [-0.15, -0.1) is 0 Å². The van der Waals surface area contributed by atoms with Crippen LogP contribution in [-0.2, 0) is 14.8 Å². The minimum absolute atomic E-state index is 0.113. The van der Waals surface area contributed by atoms with E-state index in [0.717, 1.165) is 5.39 Å². The SMILES string of the molecule is CCOc1ccc(S(=O)(=O)N2C[C@@H](C)O[C@@H](C)C2)c2ccccc12. The van der Waals surface area contributed by atoms with E-state index in [-0.39, 0.29) is 12.2 Å². The second kappa shape index (κ2) is 6.70. The molecular formula is C18H23NO4S. The Kier molecular flexibility index (Phi) is 4.80. The molecule has 2 aromatic rings. The third kappa shape index (κ3) is 3.14. The fraction of sp³-hybridized carbons (Fsp3) is 0.444. The van der Waals surface area contributed by atoms with Crippen molar-refractivity contribution in [2.24, 2.45) is 0 Å². The van der Waals surface area contributed by atoms with Gasteiger partial charge in [0, 0.05) is 23.9 Å². The third-order valence-electron chi connectivity index (χ3n) is 4.15. The maximum Gasteiger partial charge on any atom is 0.243 e. The van der Waals surface area contributed by atoms with Crippen LogP contribution >= 0.6 is 0 Å². The van der Waals surface area contributed by atoms with Crippen molar-refractivity contribution in [2.45, 2.75) is 37.9 Å². The third-order valence-corrected chi connectivity index (χ3v) is 6.04. The maximum absolute atomic E-state index is 13.2. The lowest BCUT2D eigenvalue weighted by Crippen LogP contribution is -2.48. The summed E-state index contributed by atoms with van der Waals surface area (Å²) in [7, 11) is -3.59. The number of fused-ring (bicyclic) bond motifs is 1. The Balaban J connectivity index is 2.10. The van der Waals surface area contributed by atoms with Crippen LogP contribution < -0.4 is 4.74 Å². The summed E-state index contributed by atoms with van der Waals surface area (Å²) in [5.41, 5.74) is 0. The zero-order chi connectivity index (χ0) is 17.3. The van der Waals surface area contributed by atoms with E-state index >= 15 is 0 Å². The van der Waals surface area contributed by atoms with Crippen LogP contribution in [0.1, 0.15) is 20.8 Å². The number of ether oxygens (including phenoxy) is 2. The Bertz CT molecular complexity index is 824. The van der Waals surface area contributed by atoms with Gasteiger partial charge >= 0.3 is 0 Å². The molecule has 0 unspecified atom stereocenters. The van der Waals surface area contributed by atoms with Gasteiger partial charge in [0.05, 0.1) is 23.7 Å². The summed E-state index contributed by atoms with van der Waals surface area (Å²) in [6, 6.07) is 10.9. The van der Waals surface area contributed by atoms with Crippen molar-refractivity contribution in [3.8, 4) is 5.75 Å². The number of rotatable bonds is 4. The number of benzene rings is 2. The van der Waals surface area contributed by atoms with E-state index in [1.165, 1.54) is 4.31 Å². The van der Waals surface area contributed by atoms with Gasteiger partial charge in [0.2, 0.25) is 10.0 Å². The molecule has 0 amide bonds. The molecule has 1 aliphatic rings. The van der Waals surface area contributed by atoms with Gasteiger partial charge in [-0.25, -0.2) is 8.42 Å². The highest BCUT2D eigenvalue weighted by molar-refractivity contribution is 7.89. The van der Waals surface area contributed by atoms with Gasteiger partial charge in [-0.2, -0.15) is 4.31 Å². The van der Waals surface area contributed by atoms with E-state index in [0.29, 0.717) is 35.7 Å². The molecule has 5 nitrogen and oxygen atoms in total. The van der Waals surface area contributed by atoms with Gasteiger partial charge < -0.3 is 9.47 Å². The zero-order valence-electron chi connectivity index (χ0n) is 14.2. The van der Waals surface area contributed by atoms with E-state index in [1.807, 2.05) is 45.0 Å². The number of sulfonamides is 1. The molecule has 130 valence electrons. The van der Waals surface area contributed by atoms with Crippen LogP contribution in [0.3, 0.4) is 0 Å². The molecule has 1 fully saturated rings. The molecule has 0 aromatic heterocycles. The van der Waals surface area contributed by atoms with E-state index in [4.69, 9.17) is 9.47 Å². The molecule has 0 aliphatic carbocycles. The number of nitrogens with zero attached hydrogens (tertiary/aromatic N) is 1. The lowest BCUT2D eigenvalue weighted by Gasteiger charge is -2.34. The lowest BCUT2D eigenvalue weighted by molar-refractivity contribution is -0.0440. The Morgan fingerprint density at radius 2 is 1.71 bits per heavy atom. The Morgan fingerprint density at radius 3 is 2.33 bits per heavy atom. The predicted molar refractivity (Wildman–Crippen MR) is 93.9 cm³/mol. The van der Waals surface area contributed by atoms with Crippen LogP contribution in [0.4, 0.5) is 0 Å². The second-order valence-electron chi connectivity index (χ2n) is 6.12. The van der Waals surface area contributed by atoms with Crippen molar-refractivity contribution < 1.29 is 17.9 Å². The summed E-state index contributed by atoms with van der Waals surface area (Å²) >= 11 is 0. The predicted octanol–water partition coefficient (Wildman–Crippen LogP) is 3.04. The number of morpholine rings is 1. The van der Waals surface area contributed by atoms with E-state index in [2.05, 4.69) is 0 Å². The normalized spacial score (nSPS) is 22.6. The Labute approximate surface area is 143 Å². The van der Waals surface area contributed by atoms with E-state index in [9.17, 15) is 8.42 Å².